The van der Waals surface area contributed by atoms with Crippen LogP contribution in [-0.4, -0.2) is 87.0 Å². The van der Waals surface area contributed by atoms with Gasteiger partial charge in [0, 0.05) is 26.1 Å². The minimum atomic E-state index is -3.01. The first kappa shape index (κ1) is 28.4. The smallest absolute Gasteiger partial charge is 0.316 e. The van der Waals surface area contributed by atoms with Crippen LogP contribution >= 0.6 is 0 Å². The van der Waals surface area contributed by atoms with Crippen LogP contribution in [0.15, 0.2) is 24.4 Å². The first-order valence-corrected chi connectivity index (χ1v) is 13.3. The molecule has 41 heavy (non-hydrogen) atoms. The van der Waals surface area contributed by atoms with Crippen molar-refractivity contribution < 1.29 is 37.6 Å². The number of nitro groups is 1. The van der Waals surface area contributed by atoms with Crippen LogP contribution in [0.25, 0.3) is 0 Å². The van der Waals surface area contributed by atoms with Gasteiger partial charge >= 0.3 is 5.69 Å². The number of rotatable bonds is 10. The molecule has 1 atom stereocenters. The summed E-state index contributed by atoms with van der Waals surface area (Å²) in [5.74, 6) is -2.19. The molecule has 0 bridgehead atoms. The monoisotopic (exact) mass is 574 g/mol. The summed E-state index contributed by atoms with van der Waals surface area (Å²) in [6.45, 7) is 2.79. The lowest BCUT2D eigenvalue weighted by Gasteiger charge is -2.31. The lowest BCUT2D eigenvalue weighted by molar-refractivity contribution is -0.386. The molecule has 3 aliphatic rings. The summed E-state index contributed by atoms with van der Waals surface area (Å²) in [5, 5.41) is 17.0. The SMILES string of the molecule is O=C1CCC(N2C(=O)c3ccc(CCOCCN4CCC(n5cc([N+](=O)[O-])c(C(F)F)n5)CC4)cc3C2=O)C(=O)N1. The highest BCUT2D eigenvalue weighted by molar-refractivity contribution is 6.23. The van der Waals surface area contributed by atoms with Crippen LogP contribution in [0.3, 0.4) is 0 Å². The maximum Gasteiger partial charge on any atom is 0.316 e. The van der Waals surface area contributed by atoms with E-state index in [0.29, 0.717) is 52.1 Å². The number of alkyl halides is 2. The van der Waals surface area contributed by atoms with Crippen molar-refractivity contribution in [3.63, 3.8) is 0 Å². The van der Waals surface area contributed by atoms with E-state index < -0.39 is 52.4 Å². The first-order chi connectivity index (χ1) is 19.6. The Morgan fingerprint density at radius 2 is 1.80 bits per heavy atom. The van der Waals surface area contributed by atoms with E-state index in [1.165, 1.54) is 4.68 Å². The topological polar surface area (TPSA) is 157 Å². The number of aromatic nitrogens is 2. The molecule has 13 nitrogen and oxygen atoms in total. The van der Waals surface area contributed by atoms with Crippen LogP contribution < -0.4 is 5.32 Å². The van der Waals surface area contributed by atoms with Crippen LogP contribution in [-0.2, 0) is 20.7 Å². The summed E-state index contributed by atoms with van der Waals surface area (Å²) in [6.07, 6.45) is -0.0548. The number of amides is 4. The van der Waals surface area contributed by atoms with Gasteiger partial charge < -0.3 is 9.64 Å². The quantitative estimate of drug-likeness (QED) is 0.194. The highest BCUT2D eigenvalue weighted by atomic mass is 19.3. The molecule has 3 aliphatic heterocycles. The van der Waals surface area contributed by atoms with Crippen molar-refractivity contribution in [1.82, 2.24) is 24.9 Å². The number of hydrogen-bond acceptors (Lipinski definition) is 9. The van der Waals surface area contributed by atoms with Crippen molar-refractivity contribution in [3.05, 3.63) is 56.9 Å². The third-order valence-electron chi connectivity index (χ3n) is 7.67. The lowest BCUT2D eigenvalue weighted by atomic mass is 10.0. The molecule has 2 aromatic rings. The standard InChI is InChI=1S/C26H28F2N6O7/c27-23(28)22-20(34(39)40)14-32(30-22)16-5-8-31(9-6-16)10-12-41-11-7-15-1-2-17-18(13-15)26(38)33(25(17)37)19-3-4-21(35)29-24(19)36/h1-2,13-14,16,19,23H,3-12H2,(H,29,35,36). The van der Waals surface area contributed by atoms with Crippen LogP contribution in [0.4, 0.5) is 14.5 Å². The van der Waals surface area contributed by atoms with Gasteiger partial charge in [-0.05, 0) is 43.4 Å². The van der Waals surface area contributed by atoms with Crippen molar-refractivity contribution in [2.45, 2.75) is 50.6 Å². The molecule has 1 aromatic carbocycles. The number of piperidine rings is 2. The summed E-state index contributed by atoms with van der Waals surface area (Å²) >= 11 is 0. The zero-order valence-corrected chi connectivity index (χ0v) is 22.0. The van der Waals surface area contributed by atoms with Gasteiger partial charge in [-0.1, -0.05) is 6.07 Å². The van der Waals surface area contributed by atoms with Crippen LogP contribution in [0, 0.1) is 10.1 Å². The summed E-state index contributed by atoms with van der Waals surface area (Å²) in [6, 6.07) is 3.74. The summed E-state index contributed by atoms with van der Waals surface area (Å²) in [4.78, 5) is 62.7. The molecule has 0 radical (unpaired) electrons. The fourth-order valence-corrected chi connectivity index (χ4v) is 5.45. The number of nitrogens with zero attached hydrogens (tertiary/aromatic N) is 5. The van der Waals surface area contributed by atoms with E-state index in [1.807, 2.05) is 0 Å². The second-order valence-corrected chi connectivity index (χ2v) is 10.2. The van der Waals surface area contributed by atoms with Gasteiger partial charge in [-0.3, -0.25) is 44.2 Å². The Kier molecular flexibility index (Phi) is 8.17. The number of ether oxygens (including phenoxy) is 1. The van der Waals surface area contributed by atoms with Gasteiger partial charge in [0.05, 0.1) is 35.3 Å². The van der Waals surface area contributed by atoms with Gasteiger partial charge in [0.2, 0.25) is 17.5 Å². The van der Waals surface area contributed by atoms with Crippen LogP contribution in [0.1, 0.15) is 70.1 Å². The van der Waals surface area contributed by atoms with Crippen molar-refractivity contribution in [2.24, 2.45) is 0 Å². The van der Waals surface area contributed by atoms with E-state index in [0.717, 1.165) is 16.7 Å². The number of fused-ring (bicyclic) bond motifs is 1. The van der Waals surface area contributed by atoms with E-state index in [4.69, 9.17) is 4.74 Å². The molecule has 0 saturated carbocycles. The lowest BCUT2D eigenvalue weighted by Crippen LogP contribution is -2.54. The van der Waals surface area contributed by atoms with Crippen molar-refractivity contribution in [2.75, 3.05) is 32.8 Å². The largest absolute Gasteiger partial charge is 0.380 e. The highest BCUT2D eigenvalue weighted by Crippen LogP contribution is 2.31. The number of hydrogen-bond donors (Lipinski definition) is 1. The Bertz CT molecular complexity index is 1390. The van der Waals surface area contributed by atoms with Crippen molar-refractivity contribution in [1.29, 1.82) is 0 Å². The molecule has 4 amide bonds. The molecule has 1 unspecified atom stereocenters. The average molecular weight is 575 g/mol. The number of benzene rings is 1. The molecule has 0 aliphatic carbocycles. The van der Waals surface area contributed by atoms with Gasteiger partial charge in [-0.25, -0.2) is 8.78 Å². The van der Waals surface area contributed by atoms with E-state index in [-0.39, 0.29) is 30.0 Å². The highest BCUT2D eigenvalue weighted by Gasteiger charge is 2.44. The molecule has 2 saturated heterocycles. The number of halogens is 2. The van der Waals surface area contributed by atoms with Gasteiger partial charge in [0.15, 0.2) is 0 Å². The van der Waals surface area contributed by atoms with Crippen molar-refractivity contribution >= 4 is 29.3 Å². The van der Waals surface area contributed by atoms with E-state index in [2.05, 4.69) is 15.3 Å². The zero-order valence-electron chi connectivity index (χ0n) is 22.0. The molecule has 218 valence electrons. The molecular weight excluding hydrogens is 546 g/mol. The third-order valence-corrected chi connectivity index (χ3v) is 7.67. The zero-order chi connectivity index (χ0) is 29.3. The Morgan fingerprint density at radius 1 is 1.07 bits per heavy atom. The molecular formula is C26H28F2N6O7. The second kappa shape index (κ2) is 11.8. The molecule has 0 spiro atoms. The Morgan fingerprint density at radius 3 is 2.46 bits per heavy atom. The number of carbonyl (C=O) groups is 4. The molecule has 1 N–H and O–H groups in total. The summed E-state index contributed by atoms with van der Waals surface area (Å²) < 4.78 is 33.2. The Balaban J connectivity index is 1.06. The fraction of sp³-hybridized carbons (Fsp3) is 0.500. The van der Waals surface area contributed by atoms with Gasteiger partial charge in [-0.15, -0.1) is 0 Å². The number of carbonyl (C=O) groups excluding carboxylic acids is 4. The third kappa shape index (κ3) is 5.86. The molecule has 4 heterocycles. The maximum atomic E-state index is 13.1. The summed E-state index contributed by atoms with van der Waals surface area (Å²) in [7, 11) is 0. The molecule has 2 fully saturated rings. The van der Waals surface area contributed by atoms with E-state index in [9.17, 15) is 38.1 Å². The average Bonchev–Trinajstić information content (AvgIpc) is 3.50. The minimum absolute atomic E-state index is 0.0572. The van der Waals surface area contributed by atoms with Crippen molar-refractivity contribution in [3.8, 4) is 0 Å². The van der Waals surface area contributed by atoms with Gasteiger partial charge in [0.1, 0.15) is 12.2 Å². The normalized spacial score (nSPS) is 20.2. The number of nitrogens with one attached hydrogen (secondary N) is 1. The number of likely N-dealkylation sites (tertiary alicyclic amines) is 1. The number of imide groups is 2. The van der Waals surface area contributed by atoms with E-state index >= 15 is 0 Å². The first-order valence-electron chi connectivity index (χ1n) is 13.3. The Hall–Kier alpha value is -4.11. The summed E-state index contributed by atoms with van der Waals surface area (Å²) in [5.41, 5.74) is -0.225. The van der Waals surface area contributed by atoms with Gasteiger partial charge in [0.25, 0.3) is 18.2 Å². The molecule has 5 rings (SSSR count). The fourth-order valence-electron chi connectivity index (χ4n) is 5.45. The maximum absolute atomic E-state index is 13.1. The molecule has 1 aromatic heterocycles. The van der Waals surface area contributed by atoms with Crippen LogP contribution in [0.2, 0.25) is 0 Å². The van der Waals surface area contributed by atoms with Gasteiger partial charge in [-0.2, -0.15) is 5.10 Å². The van der Waals surface area contributed by atoms with E-state index in [1.54, 1.807) is 18.2 Å². The Labute approximate surface area is 232 Å². The second-order valence-electron chi connectivity index (χ2n) is 10.2. The minimum Gasteiger partial charge on any atom is -0.380 e. The van der Waals surface area contributed by atoms with Crippen LogP contribution in [0.5, 0.6) is 0 Å². The predicted octanol–water partition coefficient (Wildman–Crippen LogP) is 2.03. The molecule has 15 heteroatoms. The predicted molar refractivity (Wildman–Crippen MR) is 136 cm³/mol.